The van der Waals surface area contributed by atoms with E-state index >= 15 is 0 Å². The Morgan fingerprint density at radius 2 is 1.94 bits per heavy atom. The Morgan fingerprint density at radius 3 is 2.65 bits per heavy atom. The maximum atomic E-state index is 3.67. The van der Waals surface area contributed by atoms with Gasteiger partial charge in [-0.15, -0.1) is 0 Å². The molecule has 2 bridgehead atoms. The Kier molecular flexibility index (Phi) is 3.75. The van der Waals surface area contributed by atoms with E-state index < -0.39 is 0 Å². The average molecular weight is 235 g/mol. The molecule has 5 atom stereocenters. The fourth-order valence-electron chi connectivity index (χ4n) is 5.07. The van der Waals surface area contributed by atoms with Gasteiger partial charge in [0.2, 0.25) is 0 Å². The highest BCUT2D eigenvalue weighted by molar-refractivity contribution is 4.91. The molecule has 3 rings (SSSR count). The lowest BCUT2D eigenvalue weighted by molar-refractivity contribution is 0.207. The van der Waals surface area contributed by atoms with Gasteiger partial charge in [-0.05, 0) is 68.7 Å². The summed E-state index contributed by atoms with van der Waals surface area (Å²) >= 11 is 0. The van der Waals surface area contributed by atoms with E-state index in [1.54, 1.807) is 32.1 Å². The SMILES string of the molecule is CCNC1CCCC(CC2CC3CCC2C3)C1. The molecule has 1 heteroatoms. The lowest BCUT2D eigenvalue weighted by Gasteiger charge is -2.33. The van der Waals surface area contributed by atoms with Crippen molar-refractivity contribution >= 4 is 0 Å². The fourth-order valence-corrected chi connectivity index (χ4v) is 5.07. The van der Waals surface area contributed by atoms with Crippen LogP contribution < -0.4 is 5.32 Å². The van der Waals surface area contributed by atoms with Gasteiger partial charge < -0.3 is 5.32 Å². The van der Waals surface area contributed by atoms with Crippen LogP contribution in [0.5, 0.6) is 0 Å². The number of hydrogen-bond donors (Lipinski definition) is 1. The van der Waals surface area contributed by atoms with E-state index in [9.17, 15) is 0 Å². The van der Waals surface area contributed by atoms with Crippen molar-refractivity contribution in [3.05, 3.63) is 0 Å². The predicted molar refractivity (Wildman–Crippen MR) is 73.0 cm³/mol. The summed E-state index contributed by atoms with van der Waals surface area (Å²) in [5, 5.41) is 3.67. The van der Waals surface area contributed by atoms with Crippen molar-refractivity contribution < 1.29 is 0 Å². The average Bonchev–Trinajstić information content (AvgIpc) is 2.92. The van der Waals surface area contributed by atoms with E-state index in [1.165, 1.54) is 25.7 Å². The number of fused-ring (bicyclic) bond motifs is 2. The standard InChI is InChI=1S/C16H29N/c1-2-17-16-5-3-4-12(11-16)9-15-10-13-6-7-14(15)8-13/h12-17H,2-11H2,1H3. The Bertz CT molecular complexity index is 248. The molecule has 0 amide bonds. The zero-order valence-electron chi connectivity index (χ0n) is 11.5. The van der Waals surface area contributed by atoms with E-state index in [0.717, 1.165) is 36.3 Å². The highest BCUT2D eigenvalue weighted by Crippen LogP contribution is 2.51. The first-order valence-electron chi connectivity index (χ1n) is 8.08. The van der Waals surface area contributed by atoms with Crippen LogP contribution in [0.15, 0.2) is 0 Å². The van der Waals surface area contributed by atoms with Crippen LogP contribution in [-0.2, 0) is 0 Å². The van der Waals surface area contributed by atoms with E-state index in [-0.39, 0.29) is 0 Å². The highest BCUT2D eigenvalue weighted by atomic mass is 14.9. The van der Waals surface area contributed by atoms with Crippen molar-refractivity contribution in [2.75, 3.05) is 6.54 Å². The fraction of sp³-hybridized carbons (Fsp3) is 1.00. The topological polar surface area (TPSA) is 12.0 Å². The van der Waals surface area contributed by atoms with Crippen molar-refractivity contribution in [3.63, 3.8) is 0 Å². The van der Waals surface area contributed by atoms with Crippen molar-refractivity contribution in [2.45, 2.75) is 70.8 Å². The molecule has 3 aliphatic rings. The summed E-state index contributed by atoms with van der Waals surface area (Å²) in [6.45, 7) is 3.41. The molecule has 0 aliphatic heterocycles. The molecule has 3 saturated carbocycles. The zero-order valence-corrected chi connectivity index (χ0v) is 11.5. The van der Waals surface area contributed by atoms with E-state index in [0.29, 0.717) is 0 Å². The molecule has 0 radical (unpaired) electrons. The van der Waals surface area contributed by atoms with Crippen LogP contribution in [0, 0.1) is 23.7 Å². The van der Waals surface area contributed by atoms with E-state index in [1.807, 2.05) is 0 Å². The summed E-state index contributed by atoms with van der Waals surface area (Å²) in [5.74, 6) is 4.45. The van der Waals surface area contributed by atoms with Crippen LogP contribution >= 0.6 is 0 Å². The van der Waals surface area contributed by atoms with Gasteiger partial charge in [0.15, 0.2) is 0 Å². The molecule has 0 heterocycles. The molecule has 0 aromatic rings. The molecule has 0 aromatic heterocycles. The van der Waals surface area contributed by atoms with Crippen LogP contribution in [0.2, 0.25) is 0 Å². The summed E-state index contributed by atoms with van der Waals surface area (Å²) in [6.07, 6.45) is 13.8. The molecule has 0 spiro atoms. The third-order valence-corrected chi connectivity index (χ3v) is 5.80. The highest BCUT2D eigenvalue weighted by Gasteiger charge is 2.40. The minimum Gasteiger partial charge on any atom is -0.314 e. The summed E-state index contributed by atoms with van der Waals surface area (Å²) < 4.78 is 0. The van der Waals surface area contributed by atoms with Crippen molar-refractivity contribution in [3.8, 4) is 0 Å². The Labute approximate surface area is 107 Å². The van der Waals surface area contributed by atoms with Gasteiger partial charge in [0.25, 0.3) is 0 Å². The van der Waals surface area contributed by atoms with E-state index in [2.05, 4.69) is 12.2 Å². The molecule has 3 fully saturated rings. The van der Waals surface area contributed by atoms with Gasteiger partial charge in [-0.25, -0.2) is 0 Å². The van der Waals surface area contributed by atoms with Crippen LogP contribution in [0.3, 0.4) is 0 Å². The minimum atomic E-state index is 0.845. The third-order valence-electron chi connectivity index (χ3n) is 5.80. The molecule has 0 saturated heterocycles. The molecule has 98 valence electrons. The quantitative estimate of drug-likeness (QED) is 0.777. The Morgan fingerprint density at radius 1 is 1.00 bits per heavy atom. The molecule has 3 aliphatic carbocycles. The molecular weight excluding hydrogens is 206 g/mol. The first-order chi connectivity index (χ1) is 8.35. The van der Waals surface area contributed by atoms with Gasteiger partial charge in [0, 0.05) is 6.04 Å². The normalized spacial score (nSPS) is 45.4. The summed E-state index contributed by atoms with van der Waals surface area (Å²) in [6, 6.07) is 0.845. The maximum Gasteiger partial charge on any atom is 0.00695 e. The third kappa shape index (κ3) is 2.70. The van der Waals surface area contributed by atoms with Gasteiger partial charge in [-0.1, -0.05) is 26.2 Å². The van der Waals surface area contributed by atoms with Crippen molar-refractivity contribution in [2.24, 2.45) is 23.7 Å². The summed E-state index contributed by atoms with van der Waals surface area (Å²) in [5.41, 5.74) is 0. The van der Waals surface area contributed by atoms with Crippen LogP contribution in [-0.4, -0.2) is 12.6 Å². The molecule has 1 N–H and O–H groups in total. The van der Waals surface area contributed by atoms with Gasteiger partial charge in [0.05, 0.1) is 0 Å². The van der Waals surface area contributed by atoms with Gasteiger partial charge in [-0.3, -0.25) is 0 Å². The molecule has 1 nitrogen and oxygen atoms in total. The van der Waals surface area contributed by atoms with Gasteiger partial charge in [-0.2, -0.15) is 0 Å². The summed E-state index contributed by atoms with van der Waals surface area (Å²) in [4.78, 5) is 0. The van der Waals surface area contributed by atoms with Crippen molar-refractivity contribution in [1.82, 2.24) is 5.32 Å². The first-order valence-corrected chi connectivity index (χ1v) is 8.08. The second-order valence-electron chi connectivity index (χ2n) is 6.96. The lowest BCUT2D eigenvalue weighted by atomic mass is 9.76. The lowest BCUT2D eigenvalue weighted by Crippen LogP contribution is -2.34. The monoisotopic (exact) mass is 235 g/mol. The van der Waals surface area contributed by atoms with Gasteiger partial charge in [0.1, 0.15) is 0 Å². The van der Waals surface area contributed by atoms with Crippen LogP contribution in [0.1, 0.15) is 64.7 Å². The second-order valence-corrected chi connectivity index (χ2v) is 6.96. The zero-order chi connectivity index (χ0) is 11.7. The number of hydrogen-bond acceptors (Lipinski definition) is 1. The van der Waals surface area contributed by atoms with Crippen LogP contribution in [0.25, 0.3) is 0 Å². The smallest absolute Gasteiger partial charge is 0.00695 e. The van der Waals surface area contributed by atoms with Crippen LogP contribution in [0.4, 0.5) is 0 Å². The molecule has 5 unspecified atom stereocenters. The minimum absolute atomic E-state index is 0.845. The maximum absolute atomic E-state index is 3.67. The number of nitrogens with one attached hydrogen (secondary N) is 1. The first kappa shape index (κ1) is 12.0. The van der Waals surface area contributed by atoms with Gasteiger partial charge >= 0.3 is 0 Å². The second kappa shape index (κ2) is 5.30. The Balaban J connectivity index is 1.48. The molecule has 0 aromatic carbocycles. The molecule has 17 heavy (non-hydrogen) atoms. The predicted octanol–water partition coefficient (Wildman–Crippen LogP) is 3.98. The van der Waals surface area contributed by atoms with E-state index in [4.69, 9.17) is 0 Å². The van der Waals surface area contributed by atoms with Crippen molar-refractivity contribution in [1.29, 1.82) is 0 Å². The largest absolute Gasteiger partial charge is 0.314 e. The summed E-state index contributed by atoms with van der Waals surface area (Å²) in [7, 11) is 0. The molecular formula is C16H29N. The Hall–Kier alpha value is -0.0400. The number of rotatable bonds is 4.